The van der Waals surface area contributed by atoms with Gasteiger partial charge in [0.15, 0.2) is 12.4 Å². The van der Waals surface area contributed by atoms with Crippen LogP contribution in [0.4, 0.5) is 5.82 Å². The number of aromatic nitrogens is 3. The van der Waals surface area contributed by atoms with Crippen LogP contribution in [0.25, 0.3) is 5.52 Å². The molecule has 0 radical (unpaired) electrons. The molecular formula is C19H32N5O5P. The van der Waals surface area contributed by atoms with Crippen molar-refractivity contribution in [2.24, 2.45) is 0 Å². The van der Waals surface area contributed by atoms with Crippen molar-refractivity contribution >= 4 is 25.8 Å². The lowest BCUT2D eigenvalue weighted by Crippen LogP contribution is -2.23. The highest BCUT2D eigenvalue weighted by Gasteiger charge is 2.21. The van der Waals surface area contributed by atoms with E-state index in [4.69, 9.17) is 24.3 Å². The molecule has 0 bridgehead atoms. The van der Waals surface area contributed by atoms with Gasteiger partial charge in [-0.25, -0.2) is 14.3 Å². The van der Waals surface area contributed by atoms with E-state index in [0.717, 1.165) is 11.2 Å². The van der Waals surface area contributed by atoms with Crippen molar-refractivity contribution in [2.45, 2.75) is 52.2 Å². The van der Waals surface area contributed by atoms with Gasteiger partial charge in [0.2, 0.25) is 0 Å². The smallest absolute Gasteiger partial charge is 0.332 e. The minimum Gasteiger partial charge on any atom is -0.461 e. The summed E-state index contributed by atoms with van der Waals surface area (Å²) < 4.78 is 23.9. The van der Waals surface area contributed by atoms with Crippen molar-refractivity contribution < 1.29 is 23.3 Å². The molecule has 10 nitrogen and oxygen atoms in total. The zero-order valence-corrected chi connectivity index (χ0v) is 19.1. The average molecular weight is 441 g/mol. The third-order valence-corrected chi connectivity index (χ3v) is 5.62. The predicted molar refractivity (Wildman–Crippen MR) is 115 cm³/mol. The molecule has 0 aliphatic rings. The molecule has 11 heteroatoms. The van der Waals surface area contributed by atoms with Crippen molar-refractivity contribution in [3.05, 3.63) is 24.2 Å². The van der Waals surface area contributed by atoms with Crippen molar-refractivity contribution in [3.8, 4) is 0 Å². The van der Waals surface area contributed by atoms with E-state index in [0.29, 0.717) is 25.4 Å². The number of hydrogen-bond acceptors (Lipinski definition) is 9. The first-order valence-electron chi connectivity index (χ1n) is 9.95. The molecular weight excluding hydrogens is 409 g/mol. The molecule has 2 aromatic heterocycles. The predicted octanol–water partition coefficient (Wildman–Crippen LogP) is 2.64. The molecule has 3 atom stereocenters. The highest BCUT2D eigenvalue weighted by Crippen LogP contribution is 2.34. The van der Waals surface area contributed by atoms with Gasteiger partial charge in [0.05, 0.1) is 18.8 Å². The van der Waals surface area contributed by atoms with Gasteiger partial charge in [-0.1, -0.05) is 13.8 Å². The van der Waals surface area contributed by atoms with E-state index in [9.17, 15) is 4.79 Å². The molecule has 3 unspecified atom stereocenters. The van der Waals surface area contributed by atoms with E-state index in [2.05, 4.69) is 22.1 Å². The Hall–Kier alpha value is -1.84. The lowest BCUT2D eigenvalue weighted by molar-refractivity contribution is -0.149. The molecule has 30 heavy (non-hydrogen) atoms. The normalized spacial score (nSPS) is 14.7. The lowest BCUT2D eigenvalue weighted by Gasteiger charge is -2.23. The molecule has 0 aromatic carbocycles. The van der Waals surface area contributed by atoms with Crippen LogP contribution in [0, 0.1) is 0 Å². The number of anilines is 1. The van der Waals surface area contributed by atoms with Gasteiger partial charge in [0, 0.05) is 25.3 Å². The molecule has 2 aromatic rings. The maximum atomic E-state index is 11.7. The summed E-state index contributed by atoms with van der Waals surface area (Å²) in [5, 5.41) is 7.40. The molecule has 0 fully saturated rings. The summed E-state index contributed by atoms with van der Waals surface area (Å²) in [6, 6.07) is 3.90. The topological polar surface area (TPSA) is 122 Å². The van der Waals surface area contributed by atoms with Gasteiger partial charge >= 0.3 is 5.97 Å². The molecule has 0 saturated heterocycles. The molecule has 0 aliphatic heterocycles. The molecule has 3 N–H and O–H groups in total. The van der Waals surface area contributed by atoms with E-state index in [1.54, 1.807) is 25.5 Å². The van der Waals surface area contributed by atoms with Gasteiger partial charge in [-0.15, -0.1) is 0 Å². The summed E-state index contributed by atoms with van der Waals surface area (Å²) in [4.78, 5) is 15.7. The SMILES string of the molecule is CCNP(OCC(=O)OC(C)C)OCC(CC(C)c1ccc2c(N)ncnn12)OC. The van der Waals surface area contributed by atoms with Crippen LogP contribution in [0.2, 0.25) is 0 Å². The van der Waals surface area contributed by atoms with E-state index >= 15 is 0 Å². The van der Waals surface area contributed by atoms with Crippen LogP contribution in [-0.4, -0.2) is 59.6 Å². The third kappa shape index (κ3) is 7.14. The maximum Gasteiger partial charge on any atom is 0.332 e. The summed E-state index contributed by atoms with van der Waals surface area (Å²) >= 11 is 0. The van der Waals surface area contributed by atoms with Gasteiger partial charge in [-0.3, -0.25) is 5.09 Å². The summed E-state index contributed by atoms with van der Waals surface area (Å²) in [6.07, 6.45) is 1.80. The number of carbonyl (C=O) groups is 1. The maximum absolute atomic E-state index is 11.7. The Morgan fingerprint density at radius 3 is 2.73 bits per heavy atom. The molecule has 0 spiro atoms. The zero-order valence-electron chi connectivity index (χ0n) is 18.2. The number of esters is 1. The fourth-order valence-corrected chi connectivity index (χ4v) is 3.95. The second-order valence-electron chi connectivity index (χ2n) is 7.07. The molecule has 2 heterocycles. The van der Waals surface area contributed by atoms with Gasteiger partial charge in [0.1, 0.15) is 11.8 Å². The van der Waals surface area contributed by atoms with Gasteiger partial charge in [-0.05, 0) is 32.4 Å². The average Bonchev–Trinajstić information content (AvgIpc) is 3.14. The highest BCUT2D eigenvalue weighted by atomic mass is 31.2. The van der Waals surface area contributed by atoms with Crippen LogP contribution in [0.15, 0.2) is 18.5 Å². The molecule has 0 saturated carbocycles. The van der Waals surface area contributed by atoms with E-state index in [1.165, 1.54) is 6.33 Å². The summed E-state index contributed by atoms with van der Waals surface area (Å²) in [6.45, 7) is 8.42. The van der Waals surface area contributed by atoms with Crippen LogP contribution in [0.1, 0.15) is 45.7 Å². The molecule has 168 valence electrons. The third-order valence-electron chi connectivity index (χ3n) is 4.30. The minimum atomic E-state index is -1.43. The van der Waals surface area contributed by atoms with Crippen molar-refractivity contribution in [1.29, 1.82) is 0 Å². The Labute approximate surface area is 178 Å². The first-order valence-corrected chi connectivity index (χ1v) is 11.1. The number of nitrogens with zero attached hydrogens (tertiary/aromatic N) is 3. The van der Waals surface area contributed by atoms with E-state index < -0.39 is 14.5 Å². The number of carbonyl (C=O) groups excluding carboxylic acids is 1. The Morgan fingerprint density at radius 2 is 2.07 bits per heavy atom. The Morgan fingerprint density at radius 1 is 1.30 bits per heavy atom. The van der Waals surface area contributed by atoms with Crippen LogP contribution in [-0.2, 0) is 23.3 Å². The fourth-order valence-electron chi connectivity index (χ4n) is 2.91. The van der Waals surface area contributed by atoms with Crippen LogP contribution >= 0.6 is 8.53 Å². The first kappa shape index (κ1) is 24.4. The fraction of sp³-hybridized carbons (Fsp3) is 0.632. The number of ether oxygens (including phenoxy) is 2. The Bertz CT molecular complexity index is 803. The number of nitrogen functional groups attached to an aromatic ring is 1. The largest absolute Gasteiger partial charge is 0.461 e. The summed E-state index contributed by atoms with van der Waals surface area (Å²) in [7, 11) is 0.214. The number of methoxy groups -OCH3 is 1. The summed E-state index contributed by atoms with van der Waals surface area (Å²) in [5.41, 5.74) is 7.71. The highest BCUT2D eigenvalue weighted by molar-refractivity contribution is 7.45. The van der Waals surface area contributed by atoms with Crippen LogP contribution < -0.4 is 10.8 Å². The number of hydrogen-bond donors (Lipinski definition) is 2. The second-order valence-corrected chi connectivity index (χ2v) is 8.42. The van der Waals surface area contributed by atoms with Gasteiger partial charge in [0.25, 0.3) is 8.53 Å². The molecule has 0 amide bonds. The Kier molecular flexibility index (Phi) is 9.87. The van der Waals surface area contributed by atoms with E-state index in [1.807, 2.05) is 19.1 Å². The van der Waals surface area contributed by atoms with Crippen molar-refractivity contribution in [2.75, 3.05) is 32.6 Å². The number of nitrogens with two attached hydrogens (primary N) is 1. The quantitative estimate of drug-likeness (QED) is 0.357. The van der Waals surface area contributed by atoms with Crippen LogP contribution in [0.3, 0.4) is 0 Å². The van der Waals surface area contributed by atoms with Crippen molar-refractivity contribution in [1.82, 2.24) is 19.7 Å². The van der Waals surface area contributed by atoms with Crippen LogP contribution in [0.5, 0.6) is 0 Å². The van der Waals surface area contributed by atoms with Gasteiger partial charge < -0.3 is 24.3 Å². The minimum absolute atomic E-state index is 0.141. The van der Waals surface area contributed by atoms with Crippen molar-refractivity contribution in [3.63, 3.8) is 0 Å². The summed E-state index contributed by atoms with van der Waals surface area (Å²) in [5.74, 6) is 0.166. The second kappa shape index (κ2) is 12.1. The number of nitrogens with one attached hydrogen (secondary N) is 1. The van der Waals surface area contributed by atoms with Gasteiger partial charge in [-0.2, -0.15) is 5.10 Å². The molecule has 0 aliphatic carbocycles. The zero-order chi connectivity index (χ0) is 22.1. The number of fused-ring (bicyclic) bond motifs is 1. The first-order chi connectivity index (χ1) is 14.3. The Balaban J connectivity index is 1.91. The van der Waals surface area contributed by atoms with E-state index in [-0.39, 0.29) is 24.7 Å². The monoisotopic (exact) mass is 441 g/mol. The molecule has 2 rings (SSSR count). The lowest BCUT2D eigenvalue weighted by atomic mass is 10.0. The standard InChI is InChI=1S/C19H32N5O5P/c1-6-23-30(28-11-18(25)29-13(2)3)27-10-15(26-5)9-14(4)16-7-8-17-19(20)21-12-22-24(16)17/h7-8,12-15,23H,6,9-11H2,1-5H3,(H2,20,21,22). The number of rotatable bonds is 13.